The molecule has 0 unspecified atom stereocenters. The lowest BCUT2D eigenvalue weighted by Gasteiger charge is -2.10. The van der Waals surface area contributed by atoms with Gasteiger partial charge in [0.25, 0.3) is 0 Å². The maximum atomic E-state index is 9.72. The van der Waals surface area contributed by atoms with E-state index in [4.69, 9.17) is 0 Å². The minimum absolute atomic E-state index is 0.462. The molecule has 0 aliphatic carbocycles. The van der Waals surface area contributed by atoms with Crippen molar-refractivity contribution in [1.29, 1.82) is 0 Å². The van der Waals surface area contributed by atoms with Crippen LogP contribution in [-0.2, 0) is 6.42 Å². The van der Waals surface area contributed by atoms with Gasteiger partial charge in [0, 0.05) is 0 Å². The van der Waals surface area contributed by atoms with Gasteiger partial charge in [-0.05, 0) is 49.4 Å². The maximum absolute atomic E-state index is 9.72. The SMILES string of the molecule is CCCCCc1c(O)ccc(C)c1C. The Bertz CT molecular complexity index is 302. The summed E-state index contributed by atoms with van der Waals surface area (Å²) in [6.45, 7) is 6.39. The van der Waals surface area contributed by atoms with Gasteiger partial charge < -0.3 is 5.11 Å². The van der Waals surface area contributed by atoms with Crippen LogP contribution in [-0.4, -0.2) is 5.11 Å². The first-order valence-corrected chi connectivity index (χ1v) is 5.44. The second-order valence-corrected chi connectivity index (χ2v) is 3.96. The molecule has 1 nitrogen and oxygen atoms in total. The van der Waals surface area contributed by atoms with Gasteiger partial charge in [0.05, 0.1) is 0 Å². The normalized spacial score (nSPS) is 10.5. The standard InChI is InChI=1S/C13H20O/c1-4-5-6-7-12-11(3)10(2)8-9-13(12)14/h8-9,14H,4-7H2,1-3H3. The minimum Gasteiger partial charge on any atom is -0.508 e. The average molecular weight is 192 g/mol. The van der Waals surface area contributed by atoms with Crippen LogP contribution in [0.2, 0.25) is 0 Å². The first-order chi connectivity index (χ1) is 6.66. The Morgan fingerprint density at radius 1 is 1.14 bits per heavy atom. The van der Waals surface area contributed by atoms with Crippen molar-refractivity contribution in [2.24, 2.45) is 0 Å². The lowest BCUT2D eigenvalue weighted by Crippen LogP contribution is -1.93. The summed E-state index contributed by atoms with van der Waals surface area (Å²) in [7, 11) is 0. The number of phenols is 1. The molecule has 0 spiro atoms. The Labute approximate surface area is 86.8 Å². The molecule has 0 fully saturated rings. The fourth-order valence-corrected chi connectivity index (χ4v) is 1.73. The number of unbranched alkanes of at least 4 members (excludes halogenated alkanes) is 2. The third-order valence-corrected chi connectivity index (χ3v) is 2.87. The number of phenolic OH excluding ortho intramolecular Hbond substituents is 1. The fraction of sp³-hybridized carbons (Fsp3) is 0.538. The van der Waals surface area contributed by atoms with E-state index in [2.05, 4.69) is 20.8 Å². The molecule has 0 bridgehead atoms. The largest absolute Gasteiger partial charge is 0.508 e. The highest BCUT2D eigenvalue weighted by Crippen LogP contribution is 2.25. The van der Waals surface area contributed by atoms with Crippen LogP contribution in [0.3, 0.4) is 0 Å². The van der Waals surface area contributed by atoms with E-state index < -0.39 is 0 Å². The predicted octanol–water partition coefficient (Wildman–Crippen LogP) is 3.74. The molecule has 14 heavy (non-hydrogen) atoms. The Kier molecular flexibility index (Phi) is 3.99. The molecule has 0 saturated carbocycles. The maximum Gasteiger partial charge on any atom is 0.119 e. The Morgan fingerprint density at radius 3 is 2.50 bits per heavy atom. The zero-order valence-electron chi connectivity index (χ0n) is 9.43. The van der Waals surface area contributed by atoms with Crippen LogP contribution in [0.4, 0.5) is 0 Å². The van der Waals surface area contributed by atoms with Gasteiger partial charge in [-0.1, -0.05) is 25.8 Å². The van der Waals surface area contributed by atoms with E-state index in [-0.39, 0.29) is 0 Å². The van der Waals surface area contributed by atoms with Crippen molar-refractivity contribution in [3.63, 3.8) is 0 Å². The predicted molar refractivity (Wildman–Crippen MR) is 60.8 cm³/mol. The van der Waals surface area contributed by atoms with Crippen LogP contribution in [0, 0.1) is 13.8 Å². The van der Waals surface area contributed by atoms with Crippen molar-refractivity contribution in [2.45, 2.75) is 46.5 Å². The summed E-state index contributed by atoms with van der Waals surface area (Å²) in [6.07, 6.45) is 4.65. The molecule has 0 amide bonds. The number of aryl methyl sites for hydroxylation is 1. The van der Waals surface area contributed by atoms with Crippen LogP contribution in [0.25, 0.3) is 0 Å². The third kappa shape index (κ3) is 2.50. The molecule has 0 saturated heterocycles. The van der Waals surface area contributed by atoms with Gasteiger partial charge in [0.15, 0.2) is 0 Å². The molecular formula is C13H20O. The van der Waals surface area contributed by atoms with Crippen LogP contribution in [0.5, 0.6) is 5.75 Å². The van der Waals surface area contributed by atoms with Gasteiger partial charge in [-0.15, -0.1) is 0 Å². The fourth-order valence-electron chi connectivity index (χ4n) is 1.73. The summed E-state index contributed by atoms with van der Waals surface area (Å²) in [6, 6.07) is 3.79. The molecule has 0 atom stereocenters. The zero-order valence-corrected chi connectivity index (χ0v) is 9.43. The molecule has 1 aromatic carbocycles. The molecule has 0 heterocycles. The zero-order chi connectivity index (χ0) is 10.6. The number of aromatic hydroxyl groups is 1. The van der Waals surface area contributed by atoms with Crippen LogP contribution >= 0.6 is 0 Å². The summed E-state index contributed by atoms with van der Waals surface area (Å²) in [5.74, 6) is 0.462. The molecule has 1 aromatic rings. The van der Waals surface area contributed by atoms with Gasteiger partial charge in [-0.3, -0.25) is 0 Å². The Balaban J connectivity index is 2.79. The van der Waals surface area contributed by atoms with E-state index in [0.717, 1.165) is 12.0 Å². The summed E-state index contributed by atoms with van der Waals surface area (Å²) in [5, 5.41) is 9.72. The number of hydrogen-bond donors (Lipinski definition) is 1. The highest BCUT2D eigenvalue weighted by atomic mass is 16.3. The van der Waals surface area contributed by atoms with E-state index in [1.807, 2.05) is 12.1 Å². The van der Waals surface area contributed by atoms with Crippen LogP contribution in [0.1, 0.15) is 42.9 Å². The summed E-state index contributed by atoms with van der Waals surface area (Å²) >= 11 is 0. The quantitative estimate of drug-likeness (QED) is 0.720. The average Bonchev–Trinajstić information content (AvgIpc) is 2.18. The van der Waals surface area contributed by atoms with Gasteiger partial charge in [-0.2, -0.15) is 0 Å². The molecular weight excluding hydrogens is 172 g/mol. The summed E-state index contributed by atoms with van der Waals surface area (Å²) < 4.78 is 0. The molecule has 1 N–H and O–H groups in total. The number of rotatable bonds is 4. The molecule has 0 aliphatic rings. The smallest absolute Gasteiger partial charge is 0.119 e. The van der Waals surface area contributed by atoms with Crippen LogP contribution in [0.15, 0.2) is 12.1 Å². The lowest BCUT2D eigenvalue weighted by molar-refractivity contribution is 0.465. The van der Waals surface area contributed by atoms with E-state index in [1.54, 1.807) is 0 Å². The molecule has 0 radical (unpaired) electrons. The van der Waals surface area contributed by atoms with Crippen molar-refractivity contribution in [1.82, 2.24) is 0 Å². The molecule has 1 rings (SSSR count). The van der Waals surface area contributed by atoms with Gasteiger partial charge in [0.2, 0.25) is 0 Å². The van der Waals surface area contributed by atoms with E-state index >= 15 is 0 Å². The van der Waals surface area contributed by atoms with Gasteiger partial charge in [0.1, 0.15) is 5.75 Å². The molecule has 0 aromatic heterocycles. The second-order valence-electron chi connectivity index (χ2n) is 3.96. The minimum atomic E-state index is 0.462. The first-order valence-electron chi connectivity index (χ1n) is 5.44. The summed E-state index contributed by atoms with van der Waals surface area (Å²) in [5.41, 5.74) is 3.66. The topological polar surface area (TPSA) is 20.2 Å². The van der Waals surface area contributed by atoms with Crippen LogP contribution < -0.4 is 0 Å². The van der Waals surface area contributed by atoms with Crippen molar-refractivity contribution in [3.05, 3.63) is 28.8 Å². The van der Waals surface area contributed by atoms with Gasteiger partial charge in [-0.25, -0.2) is 0 Å². The lowest BCUT2D eigenvalue weighted by atomic mass is 9.97. The van der Waals surface area contributed by atoms with Crippen molar-refractivity contribution in [3.8, 4) is 5.75 Å². The van der Waals surface area contributed by atoms with Crippen molar-refractivity contribution in [2.75, 3.05) is 0 Å². The highest BCUT2D eigenvalue weighted by Gasteiger charge is 2.06. The number of hydrogen-bond acceptors (Lipinski definition) is 1. The van der Waals surface area contributed by atoms with Crippen molar-refractivity contribution >= 4 is 0 Å². The van der Waals surface area contributed by atoms with E-state index in [9.17, 15) is 5.11 Å². The molecule has 0 aliphatic heterocycles. The Hall–Kier alpha value is -0.980. The van der Waals surface area contributed by atoms with E-state index in [0.29, 0.717) is 5.75 Å². The highest BCUT2D eigenvalue weighted by molar-refractivity contribution is 5.43. The third-order valence-electron chi connectivity index (χ3n) is 2.87. The summed E-state index contributed by atoms with van der Waals surface area (Å²) in [4.78, 5) is 0. The monoisotopic (exact) mass is 192 g/mol. The Morgan fingerprint density at radius 2 is 1.86 bits per heavy atom. The second kappa shape index (κ2) is 5.04. The first kappa shape index (κ1) is 11.1. The molecule has 78 valence electrons. The molecule has 1 heteroatoms. The van der Waals surface area contributed by atoms with Crippen molar-refractivity contribution < 1.29 is 5.11 Å². The number of benzene rings is 1. The van der Waals surface area contributed by atoms with E-state index in [1.165, 1.54) is 30.4 Å². The van der Waals surface area contributed by atoms with Gasteiger partial charge >= 0.3 is 0 Å².